The van der Waals surface area contributed by atoms with Crippen LogP contribution in [0.1, 0.15) is 29.8 Å². The summed E-state index contributed by atoms with van der Waals surface area (Å²) in [4.78, 5) is 0. The van der Waals surface area contributed by atoms with E-state index in [1.165, 1.54) is 0 Å². The Bertz CT molecular complexity index is 660. The number of rotatable bonds is 1. The molecule has 2 atom stereocenters. The lowest BCUT2D eigenvalue weighted by atomic mass is 9.95. The first-order valence-electron chi connectivity index (χ1n) is 6.13. The first-order valence-corrected chi connectivity index (χ1v) is 6.93. The third kappa shape index (κ3) is 2.43. The van der Waals surface area contributed by atoms with Crippen LogP contribution in [0.2, 0.25) is 0 Å². The van der Waals surface area contributed by atoms with E-state index in [1.807, 2.05) is 0 Å². The van der Waals surface area contributed by atoms with Crippen LogP contribution in [0, 0.1) is 11.6 Å². The van der Waals surface area contributed by atoms with Crippen LogP contribution < -0.4 is 4.74 Å². The Hall–Kier alpha value is -1.46. The lowest BCUT2D eigenvalue weighted by Crippen LogP contribution is -2.20. The van der Waals surface area contributed by atoms with Crippen molar-refractivity contribution >= 4 is 15.9 Å². The van der Waals surface area contributed by atoms with Gasteiger partial charge in [0.1, 0.15) is 23.5 Å². The van der Waals surface area contributed by atoms with E-state index in [4.69, 9.17) is 4.74 Å². The monoisotopic (exact) mass is 340 g/mol. The summed E-state index contributed by atoms with van der Waals surface area (Å²) in [5.74, 6) is -0.578. The Morgan fingerprint density at radius 3 is 2.70 bits per heavy atom. The highest BCUT2D eigenvalue weighted by atomic mass is 79.9. The van der Waals surface area contributed by atoms with E-state index in [0.717, 1.165) is 22.7 Å². The Kier molecular flexibility index (Phi) is 3.48. The van der Waals surface area contributed by atoms with Gasteiger partial charge >= 0.3 is 0 Å². The summed E-state index contributed by atoms with van der Waals surface area (Å²) in [5.41, 5.74) is 0.769. The number of aliphatic hydroxyl groups is 1. The van der Waals surface area contributed by atoms with Crippen molar-refractivity contribution in [2.75, 3.05) is 0 Å². The van der Waals surface area contributed by atoms with Crippen LogP contribution in [0.5, 0.6) is 5.75 Å². The third-order valence-electron chi connectivity index (χ3n) is 3.34. The fraction of sp³-hybridized carbons (Fsp3) is 0.200. The summed E-state index contributed by atoms with van der Waals surface area (Å²) >= 11 is 3.32. The van der Waals surface area contributed by atoms with Gasteiger partial charge in [-0.25, -0.2) is 8.78 Å². The highest BCUT2D eigenvalue weighted by Crippen LogP contribution is 2.42. The van der Waals surface area contributed by atoms with Crippen LogP contribution in [0.15, 0.2) is 40.9 Å². The van der Waals surface area contributed by atoms with Crippen LogP contribution in [-0.4, -0.2) is 5.11 Å². The van der Waals surface area contributed by atoms with Crippen molar-refractivity contribution in [2.24, 2.45) is 0 Å². The molecule has 1 unspecified atom stereocenters. The van der Waals surface area contributed by atoms with Gasteiger partial charge in [0.2, 0.25) is 0 Å². The van der Waals surface area contributed by atoms with E-state index in [0.29, 0.717) is 11.3 Å². The zero-order chi connectivity index (χ0) is 14.3. The second kappa shape index (κ2) is 5.14. The topological polar surface area (TPSA) is 29.5 Å². The molecule has 104 valence electrons. The molecular weight excluding hydrogens is 330 g/mol. The van der Waals surface area contributed by atoms with Crippen LogP contribution in [0.3, 0.4) is 0 Å². The third-order valence-corrected chi connectivity index (χ3v) is 3.84. The summed E-state index contributed by atoms with van der Waals surface area (Å²) < 4.78 is 33.6. The molecule has 0 saturated carbocycles. The molecule has 1 aliphatic rings. The standard InChI is InChI=1S/C15H11BrF2O2/c16-8-1-4-14-11(5-8)13(19)7-15(20-14)10-6-9(17)2-3-12(10)18/h1-6,13,15,19H,7H2/t13-,15?/m1/s1. The molecule has 5 heteroatoms. The van der Waals surface area contributed by atoms with Crippen molar-refractivity contribution in [1.82, 2.24) is 0 Å². The van der Waals surface area contributed by atoms with Gasteiger partial charge in [0.05, 0.1) is 6.10 Å². The normalized spacial score (nSPS) is 21.2. The molecule has 0 bridgehead atoms. The fourth-order valence-electron chi connectivity index (χ4n) is 2.37. The zero-order valence-electron chi connectivity index (χ0n) is 10.3. The van der Waals surface area contributed by atoms with Crippen LogP contribution in [0.4, 0.5) is 8.78 Å². The molecule has 1 aliphatic heterocycles. The molecule has 1 heterocycles. The Morgan fingerprint density at radius 1 is 1.10 bits per heavy atom. The molecule has 0 radical (unpaired) electrons. The minimum absolute atomic E-state index is 0.123. The lowest BCUT2D eigenvalue weighted by molar-refractivity contribution is 0.0638. The summed E-state index contributed by atoms with van der Waals surface area (Å²) in [5, 5.41) is 10.2. The van der Waals surface area contributed by atoms with E-state index >= 15 is 0 Å². The second-order valence-corrected chi connectivity index (χ2v) is 5.62. The largest absolute Gasteiger partial charge is 0.485 e. The van der Waals surface area contributed by atoms with Gasteiger partial charge in [-0.1, -0.05) is 15.9 Å². The summed E-state index contributed by atoms with van der Waals surface area (Å²) in [6.45, 7) is 0. The molecule has 0 spiro atoms. The number of hydrogen-bond acceptors (Lipinski definition) is 2. The molecule has 2 aromatic rings. The van der Waals surface area contributed by atoms with E-state index in [9.17, 15) is 13.9 Å². The fourth-order valence-corrected chi connectivity index (χ4v) is 2.75. The number of benzene rings is 2. The first kappa shape index (κ1) is 13.5. The van der Waals surface area contributed by atoms with Gasteiger partial charge in [-0.05, 0) is 36.4 Å². The van der Waals surface area contributed by atoms with E-state index < -0.39 is 23.8 Å². The van der Waals surface area contributed by atoms with Gasteiger partial charge in [0.15, 0.2) is 0 Å². The van der Waals surface area contributed by atoms with Gasteiger partial charge in [-0.15, -0.1) is 0 Å². The van der Waals surface area contributed by atoms with E-state index in [-0.39, 0.29) is 12.0 Å². The van der Waals surface area contributed by atoms with Crippen LogP contribution >= 0.6 is 15.9 Å². The number of hydrogen-bond donors (Lipinski definition) is 1. The summed E-state index contributed by atoms with van der Waals surface area (Å²) in [7, 11) is 0. The highest BCUT2D eigenvalue weighted by Gasteiger charge is 2.30. The van der Waals surface area contributed by atoms with Crippen LogP contribution in [0.25, 0.3) is 0 Å². The Morgan fingerprint density at radius 2 is 1.90 bits per heavy atom. The second-order valence-electron chi connectivity index (χ2n) is 4.71. The average molecular weight is 341 g/mol. The smallest absolute Gasteiger partial charge is 0.130 e. The maximum atomic E-state index is 13.8. The van der Waals surface area contributed by atoms with Crippen molar-refractivity contribution in [3.63, 3.8) is 0 Å². The molecule has 0 aliphatic carbocycles. The molecule has 0 aromatic heterocycles. The van der Waals surface area contributed by atoms with Gasteiger partial charge in [-0.2, -0.15) is 0 Å². The molecule has 3 rings (SSSR count). The lowest BCUT2D eigenvalue weighted by Gasteiger charge is -2.30. The molecule has 0 fully saturated rings. The molecule has 0 amide bonds. The minimum atomic E-state index is -0.774. The van der Waals surface area contributed by atoms with Gasteiger partial charge in [0, 0.05) is 22.0 Å². The Balaban J connectivity index is 1.99. The van der Waals surface area contributed by atoms with Gasteiger partial charge in [0.25, 0.3) is 0 Å². The number of ether oxygens (including phenoxy) is 1. The maximum absolute atomic E-state index is 13.8. The van der Waals surface area contributed by atoms with Crippen molar-refractivity contribution in [2.45, 2.75) is 18.6 Å². The van der Waals surface area contributed by atoms with Crippen LogP contribution in [-0.2, 0) is 0 Å². The van der Waals surface area contributed by atoms with E-state index in [2.05, 4.69) is 15.9 Å². The quantitative estimate of drug-likeness (QED) is 0.839. The predicted octanol–water partition coefficient (Wildman–Crippen LogP) is 4.28. The van der Waals surface area contributed by atoms with Crippen molar-refractivity contribution in [3.8, 4) is 5.75 Å². The minimum Gasteiger partial charge on any atom is -0.485 e. The molecule has 20 heavy (non-hydrogen) atoms. The molecule has 1 N–H and O–H groups in total. The Labute approximate surface area is 123 Å². The highest BCUT2D eigenvalue weighted by molar-refractivity contribution is 9.10. The van der Waals surface area contributed by atoms with Crippen molar-refractivity contribution in [3.05, 3.63) is 63.6 Å². The van der Waals surface area contributed by atoms with Crippen molar-refractivity contribution in [1.29, 1.82) is 0 Å². The molecule has 2 nitrogen and oxygen atoms in total. The summed E-state index contributed by atoms with van der Waals surface area (Å²) in [6.07, 6.45) is -1.29. The first-order chi connectivity index (χ1) is 9.54. The zero-order valence-corrected chi connectivity index (χ0v) is 11.9. The van der Waals surface area contributed by atoms with Gasteiger partial charge in [-0.3, -0.25) is 0 Å². The maximum Gasteiger partial charge on any atom is 0.130 e. The summed E-state index contributed by atoms with van der Waals surface area (Å²) in [6, 6.07) is 8.47. The molecule has 0 saturated heterocycles. The van der Waals surface area contributed by atoms with Crippen molar-refractivity contribution < 1.29 is 18.6 Å². The number of halogens is 3. The molecular formula is C15H11BrF2O2. The SMILES string of the molecule is O[C@@H]1CC(c2cc(F)ccc2F)Oc2ccc(Br)cc21. The number of fused-ring (bicyclic) bond motifs is 1. The number of aliphatic hydroxyl groups excluding tert-OH is 1. The predicted molar refractivity (Wildman–Crippen MR) is 73.4 cm³/mol. The van der Waals surface area contributed by atoms with E-state index in [1.54, 1.807) is 18.2 Å². The molecule has 2 aromatic carbocycles. The van der Waals surface area contributed by atoms with Gasteiger partial charge < -0.3 is 9.84 Å². The average Bonchev–Trinajstić information content (AvgIpc) is 2.42.